The van der Waals surface area contributed by atoms with Crippen LogP contribution in [0.15, 0.2) is 43.0 Å². The number of hydrogen-bond acceptors (Lipinski definition) is 7. The SMILES string of the molecule is Cc1ccc(-c2cc(NCCC(C)c3ccnc4c3OCCO4)ncn2)cn1. The molecule has 7 heteroatoms. The van der Waals surface area contributed by atoms with Crippen molar-refractivity contribution in [2.45, 2.75) is 26.2 Å². The van der Waals surface area contributed by atoms with Crippen LogP contribution in [0.1, 0.15) is 30.5 Å². The molecule has 0 bridgehead atoms. The molecule has 4 rings (SSSR count). The van der Waals surface area contributed by atoms with E-state index in [0.29, 0.717) is 25.0 Å². The molecule has 144 valence electrons. The molecule has 3 aromatic heterocycles. The number of nitrogens with one attached hydrogen (secondary N) is 1. The van der Waals surface area contributed by atoms with E-state index < -0.39 is 0 Å². The highest BCUT2D eigenvalue weighted by molar-refractivity contribution is 5.61. The number of anilines is 1. The molecule has 0 amide bonds. The summed E-state index contributed by atoms with van der Waals surface area (Å²) in [5.74, 6) is 2.47. The van der Waals surface area contributed by atoms with Gasteiger partial charge in [0.05, 0.1) is 5.69 Å². The van der Waals surface area contributed by atoms with Gasteiger partial charge in [-0.15, -0.1) is 0 Å². The van der Waals surface area contributed by atoms with Crippen LogP contribution in [0.3, 0.4) is 0 Å². The highest BCUT2D eigenvalue weighted by Gasteiger charge is 2.20. The molecule has 3 aromatic rings. The zero-order valence-corrected chi connectivity index (χ0v) is 16.1. The third-order valence-corrected chi connectivity index (χ3v) is 4.76. The van der Waals surface area contributed by atoms with E-state index >= 15 is 0 Å². The first kappa shape index (κ1) is 18.2. The van der Waals surface area contributed by atoms with Crippen LogP contribution in [0, 0.1) is 6.92 Å². The molecule has 0 saturated carbocycles. The van der Waals surface area contributed by atoms with E-state index in [-0.39, 0.29) is 0 Å². The number of fused-ring (bicyclic) bond motifs is 1. The molecule has 1 atom stereocenters. The van der Waals surface area contributed by atoms with E-state index in [2.05, 4.69) is 32.2 Å². The van der Waals surface area contributed by atoms with Crippen LogP contribution < -0.4 is 14.8 Å². The lowest BCUT2D eigenvalue weighted by Gasteiger charge is -2.22. The van der Waals surface area contributed by atoms with E-state index in [1.807, 2.05) is 37.4 Å². The van der Waals surface area contributed by atoms with E-state index in [4.69, 9.17) is 9.47 Å². The summed E-state index contributed by atoms with van der Waals surface area (Å²) in [6.07, 6.45) is 6.11. The van der Waals surface area contributed by atoms with Gasteiger partial charge in [-0.2, -0.15) is 0 Å². The Morgan fingerprint density at radius 2 is 1.96 bits per heavy atom. The summed E-state index contributed by atoms with van der Waals surface area (Å²) in [7, 11) is 0. The van der Waals surface area contributed by atoms with Crippen molar-refractivity contribution in [1.82, 2.24) is 19.9 Å². The lowest BCUT2D eigenvalue weighted by Crippen LogP contribution is -2.18. The number of nitrogens with zero attached hydrogens (tertiary/aromatic N) is 4. The van der Waals surface area contributed by atoms with Crippen molar-refractivity contribution < 1.29 is 9.47 Å². The minimum atomic E-state index is 0.300. The van der Waals surface area contributed by atoms with Gasteiger partial charge in [-0.25, -0.2) is 15.0 Å². The Kier molecular flexibility index (Phi) is 5.32. The Labute approximate surface area is 164 Å². The molecule has 1 aliphatic rings. The van der Waals surface area contributed by atoms with Crippen LogP contribution in [0.4, 0.5) is 5.82 Å². The molecular weight excluding hydrogens is 354 g/mol. The van der Waals surface area contributed by atoms with E-state index in [1.54, 1.807) is 12.5 Å². The van der Waals surface area contributed by atoms with Gasteiger partial charge in [0.2, 0.25) is 0 Å². The summed E-state index contributed by atoms with van der Waals surface area (Å²) >= 11 is 0. The standard InChI is InChI=1S/C21H23N5O2/c1-14(17-6-8-23-21-20(17)27-9-10-28-21)5-7-22-19-11-18(25-13-26-19)16-4-3-15(2)24-12-16/h3-4,6,8,11-14H,5,7,9-10H2,1-2H3,(H,22,25,26). The Balaban J connectivity index is 1.39. The molecule has 0 spiro atoms. The summed E-state index contributed by atoms with van der Waals surface area (Å²) in [4.78, 5) is 17.3. The number of pyridine rings is 2. The van der Waals surface area contributed by atoms with E-state index in [9.17, 15) is 0 Å². The van der Waals surface area contributed by atoms with Crippen molar-refractivity contribution in [2.24, 2.45) is 0 Å². The molecular formula is C21H23N5O2. The van der Waals surface area contributed by atoms with Crippen LogP contribution in [0.5, 0.6) is 11.6 Å². The Bertz CT molecular complexity index is 946. The number of aromatic nitrogens is 4. The van der Waals surface area contributed by atoms with Crippen molar-refractivity contribution in [3.05, 3.63) is 54.2 Å². The van der Waals surface area contributed by atoms with Crippen LogP contribution in [-0.2, 0) is 0 Å². The fourth-order valence-electron chi connectivity index (χ4n) is 3.16. The molecule has 0 aromatic carbocycles. The summed E-state index contributed by atoms with van der Waals surface area (Å²) in [5.41, 5.74) is 3.94. The minimum absolute atomic E-state index is 0.300. The first-order valence-electron chi connectivity index (χ1n) is 9.44. The van der Waals surface area contributed by atoms with Crippen LogP contribution in [-0.4, -0.2) is 39.7 Å². The number of ether oxygens (including phenoxy) is 2. The van der Waals surface area contributed by atoms with Gasteiger partial charge in [-0.3, -0.25) is 4.98 Å². The number of hydrogen-bond donors (Lipinski definition) is 1. The first-order chi connectivity index (χ1) is 13.7. The zero-order chi connectivity index (χ0) is 19.3. The highest BCUT2D eigenvalue weighted by atomic mass is 16.6. The second-order valence-electron chi connectivity index (χ2n) is 6.82. The molecule has 0 radical (unpaired) electrons. The van der Waals surface area contributed by atoms with Gasteiger partial charge in [0.1, 0.15) is 25.4 Å². The third-order valence-electron chi connectivity index (χ3n) is 4.76. The summed E-state index contributed by atoms with van der Waals surface area (Å²) in [6.45, 7) is 6.04. The molecule has 1 unspecified atom stereocenters. The van der Waals surface area contributed by atoms with Crippen LogP contribution in [0.2, 0.25) is 0 Å². The molecule has 4 heterocycles. The number of rotatable bonds is 6. The zero-order valence-electron chi connectivity index (χ0n) is 16.1. The normalized spacial score (nSPS) is 13.8. The molecule has 7 nitrogen and oxygen atoms in total. The minimum Gasteiger partial charge on any atom is -0.484 e. The van der Waals surface area contributed by atoms with Gasteiger partial charge in [-0.05, 0) is 37.5 Å². The fourth-order valence-corrected chi connectivity index (χ4v) is 3.16. The average Bonchev–Trinajstić information content (AvgIpc) is 2.74. The van der Waals surface area contributed by atoms with Crippen LogP contribution in [0.25, 0.3) is 11.3 Å². The maximum atomic E-state index is 5.78. The molecule has 28 heavy (non-hydrogen) atoms. The smallest absolute Gasteiger partial charge is 0.257 e. The summed E-state index contributed by atoms with van der Waals surface area (Å²) in [6, 6.07) is 7.95. The lowest BCUT2D eigenvalue weighted by molar-refractivity contribution is 0.162. The fraction of sp³-hybridized carbons (Fsp3) is 0.333. The Morgan fingerprint density at radius 1 is 1.07 bits per heavy atom. The largest absolute Gasteiger partial charge is 0.484 e. The summed E-state index contributed by atoms with van der Waals surface area (Å²) in [5, 5.41) is 3.39. The van der Waals surface area contributed by atoms with Crippen molar-refractivity contribution in [2.75, 3.05) is 25.1 Å². The van der Waals surface area contributed by atoms with Crippen molar-refractivity contribution in [3.8, 4) is 22.9 Å². The molecule has 1 N–H and O–H groups in total. The lowest BCUT2D eigenvalue weighted by atomic mass is 9.97. The van der Waals surface area contributed by atoms with Gasteiger partial charge in [0.15, 0.2) is 5.75 Å². The maximum Gasteiger partial charge on any atom is 0.257 e. The van der Waals surface area contributed by atoms with Crippen LogP contribution >= 0.6 is 0 Å². The predicted molar refractivity (Wildman–Crippen MR) is 107 cm³/mol. The topological polar surface area (TPSA) is 82.1 Å². The highest BCUT2D eigenvalue weighted by Crippen LogP contribution is 2.36. The molecule has 0 aliphatic carbocycles. The van der Waals surface area contributed by atoms with Crippen molar-refractivity contribution in [3.63, 3.8) is 0 Å². The van der Waals surface area contributed by atoms with Gasteiger partial charge in [-0.1, -0.05) is 6.92 Å². The maximum absolute atomic E-state index is 5.78. The molecule has 0 fully saturated rings. The van der Waals surface area contributed by atoms with Gasteiger partial charge < -0.3 is 14.8 Å². The van der Waals surface area contributed by atoms with Gasteiger partial charge in [0.25, 0.3) is 5.88 Å². The predicted octanol–water partition coefficient (Wildman–Crippen LogP) is 3.62. The van der Waals surface area contributed by atoms with Gasteiger partial charge in [0, 0.05) is 41.8 Å². The van der Waals surface area contributed by atoms with E-state index in [0.717, 1.165) is 47.0 Å². The third kappa shape index (κ3) is 4.03. The monoisotopic (exact) mass is 377 g/mol. The number of aryl methyl sites for hydroxylation is 1. The molecule has 1 aliphatic heterocycles. The Hall–Kier alpha value is -3.22. The average molecular weight is 377 g/mol. The quantitative estimate of drug-likeness (QED) is 0.702. The van der Waals surface area contributed by atoms with E-state index in [1.165, 1.54) is 0 Å². The van der Waals surface area contributed by atoms with Crippen molar-refractivity contribution in [1.29, 1.82) is 0 Å². The second kappa shape index (κ2) is 8.21. The van der Waals surface area contributed by atoms with Gasteiger partial charge >= 0.3 is 0 Å². The Morgan fingerprint density at radius 3 is 2.82 bits per heavy atom. The summed E-state index contributed by atoms with van der Waals surface area (Å²) < 4.78 is 11.4. The molecule has 0 saturated heterocycles. The first-order valence-corrected chi connectivity index (χ1v) is 9.44. The van der Waals surface area contributed by atoms with Crippen molar-refractivity contribution >= 4 is 5.82 Å². The second-order valence-corrected chi connectivity index (χ2v) is 6.82.